The number of aliphatic hydroxyl groups is 1. The van der Waals surface area contributed by atoms with Crippen LogP contribution in [-0.2, 0) is 4.74 Å². The Bertz CT molecular complexity index is 165. The molecule has 1 aliphatic heterocycles. The summed E-state index contributed by atoms with van der Waals surface area (Å²) < 4.78 is 5.37. The molecule has 0 spiro atoms. The molecule has 0 amide bonds. The summed E-state index contributed by atoms with van der Waals surface area (Å²) >= 11 is 0. The predicted molar refractivity (Wildman–Crippen MR) is 51.2 cm³/mol. The lowest BCUT2D eigenvalue weighted by Crippen LogP contribution is -2.58. The van der Waals surface area contributed by atoms with Gasteiger partial charge in [-0.2, -0.15) is 0 Å². The summed E-state index contributed by atoms with van der Waals surface area (Å²) in [6.07, 6.45) is 1.85. The van der Waals surface area contributed by atoms with E-state index < -0.39 is 5.60 Å². The molecule has 1 aliphatic rings. The van der Waals surface area contributed by atoms with Crippen LogP contribution in [0.25, 0.3) is 0 Å². The van der Waals surface area contributed by atoms with Crippen LogP contribution in [0.4, 0.5) is 0 Å². The maximum atomic E-state index is 10.1. The van der Waals surface area contributed by atoms with Crippen molar-refractivity contribution in [2.24, 2.45) is 16.9 Å². The molecule has 1 fully saturated rings. The van der Waals surface area contributed by atoms with Gasteiger partial charge in [0.1, 0.15) is 0 Å². The fourth-order valence-electron chi connectivity index (χ4n) is 1.87. The van der Waals surface area contributed by atoms with Crippen molar-refractivity contribution in [3.8, 4) is 0 Å². The first kappa shape index (κ1) is 10.9. The van der Waals surface area contributed by atoms with Gasteiger partial charge in [0.25, 0.3) is 0 Å². The predicted octanol–water partition coefficient (Wildman–Crippen LogP) is -0.548. The van der Waals surface area contributed by atoms with Gasteiger partial charge < -0.3 is 21.3 Å². The van der Waals surface area contributed by atoms with Crippen LogP contribution in [0.5, 0.6) is 0 Å². The third-order valence-electron chi connectivity index (χ3n) is 3.25. The normalized spacial score (nSPS) is 34.2. The number of hydrogen-bond donors (Lipinski definition) is 3. The molecule has 0 aliphatic carbocycles. The van der Waals surface area contributed by atoms with Crippen molar-refractivity contribution in [1.82, 2.24) is 0 Å². The van der Waals surface area contributed by atoms with Crippen molar-refractivity contribution >= 4 is 0 Å². The second-order valence-electron chi connectivity index (χ2n) is 4.12. The summed E-state index contributed by atoms with van der Waals surface area (Å²) in [7, 11) is 0. The summed E-state index contributed by atoms with van der Waals surface area (Å²) in [6.45, 7) is 3.69. The van der Waals surface area contributed by atoms with Crippen LogP contribution in [0.15, 0.2) is 0 Å². The minimum atomic E-state index is -0.915. The van der Waals surface area contributed by atoms with Crippen LogP contribution in [0.3, 0.4) is 0 Å². The van der Waals surface area contributed by atoms with Crippen molar-refractivity contribution in [2.75, 3.05) is 26.3 Å². The second-order valence-corrected chi connectivity index (χ2v) is 4.12. The minimum Gasteiger partial charge on any atom is -0.388 e. The molecule has 0 aromatic rings. The highest BCUT2D eigenvalue weighted by Crippen LogP contribution is 2.37. The smallest absolute Gasteiger partial charge is 0.0831 e. The Kier molecular flexibility index (Phi) is 3.29. The van der Waals surface area contributed by atoms with E-state index in [9.17, 15) is 5.11 Å². The Morgan fingerprint density at radius 1 is 1.54 bits per heavy atom. The van der Waals surface area contributed by atoms with Crippen molar-refractivity contribution in [3.63, 3.8) is 0 Å². The van der Waals surface area contributed by atoms with Gasteiger partial charge in [-0.1, -0.05) is 0 Å². The van der Waals surface area contributed by atoms with Crippen LogP contribution < -0.4 is 11.5 Å². The van der Waals surface area contributed by atoms with E-state index in [1.165, 1.54) is 0 Å². The highest BCUT2D eigenvalue weighted by molar-refractivity contribution is 4.98. The van der Waals surface area contributed by atoms with Crippen molar-refractivity contribution in [3.05, 3.63) is 0 Å². The number of ether oxygens (including phenoxy) is 1. The van der Waals surface area contributed by atoms with Gasteiger partial charge in [-0.15, -0.1) is 0 Å². The Morgan fingerprint density at radius 3 is 2.62 bits per heavy atom. The van der Waals surface area contributed by atoms with E-state index in [0.29, 0.717) is 13.2 Å². The summed E-state index contributed by atoms with van der Waals surface area (Å²) in [4.78, 5) is 0. The number of hydrogen-bond acceptors (Lipinski definition) is 4. The lowest BCUT2D eigenvalue weighted by Gasteiger charge is -2.46. The summed E-state index contributed by atoms with van der Waals surface area (Å²) in [6, 6.07) is 0. The topological polar surface area (TPSA) is 81.5 Å². The summed E-state index contributed by atoms with van der Waals surface area (Å²) in [5, 5.41) is 10.1. The SMILES string of the molecule is CC(O)(CN)C1(CN)CCCOC1. The third-order valence-corrected chi connectivity index (χ3v) is 3.25. The molecule has 5 N–H and O–H groups in total. The van der Waals surface area contributed by atoms with Crippen LogP contribution in [0.1, 0.15) is 19.8 Å². The van der Waals surface area contributed by atoms with E-state index in [1.54, 1.807) is 6.92 Å². The van der Waals surface area contributed by atoms with E-state index in [1.807, 2.05) is 0 Å². The molecule has 2 unspecified atom stereocenters. The largest absolute Gasteiger partial charge is 0.388 e. The van der Waals surface area contributed by atoms with Gasteiger partial charge in [0.2, 0.25) is 0 Å². The molecule has 0 radical (unpaired) electrons. The maximum absolute atomic E-state index is 10.1. The quantitative estimate of drug-likeness (QED) is 0.555. The molecular weight excluding hydrogens is 168 g/mol. The molecule has 0 bridgehead atoms. The minimum absolute atomic E-state index is 0.230. The first-order chi connectivity index (χ1) is 6.08. The van der Waals surface area contributed by atoms with E-state index in [-0.39, 0.29) is 12.0 Å². The molecule has 1 saturated heterocycles. The van der Waals surface area contributed by atoms with Gasteiger partial charge in [-0.25, -0.2) is 0 Å². The van der Waals surface area contributed by atoms with Crippen LogP contribution in [-0.4, -0.2) is 37.0 Å². The first-order valence-electron chi connectivity index (χ1n) is 4.78. The van der Waals surface area contributed by atoms with E-state index in [2.05, 4.69) is 0 Å². The van der Waals surface area contributed by atoms with E-state index >= 15 is 0 Å². The third kappa shape index (κ3) is 1.86. The molecule has 78 valence electrons. The highest BCUT2D eigenvalue weighted by Gasteiger charge is 2.46. The molecule has 1 rings (SSSR count). The molecule has 1 heterocycles. The van der Waals surface area contributed by atoms with Gasteiger partial charge >= 0.3 is 0 Å². The zero-order chi connectivity index (χ0) is 9.95. The van der Waals surface area contributed by atoms with Crippen molar-refractivity contribution < 1.29 is 9.84 Å². The monoisotopic (exact) mass is 188 g/mol. The Hall–Kier alpha value is -0.160. The zero-order valence-electron chi connectivity index (χ0n) is 8.25. The van der Waals surface area contributed by atoms with Crippen LogP contribution in [0.2, 0.25) is 0 Å². The van der Waals surface area contributed by atoms with Crippen molar-refractivity contribution in [2.45, 2.75) is 25.4 Å². The molecule has 0 saturated carbocycles. The number of nitrogens with two attached hydrogens (primary N) is 2. The molecule has 13 heavy (non-hydrogen) atoms. The fourth-order valence-corrected chi connectivity index (χ4v) is 1.87. The van der Waals surface area contributed by atoms with Gasteiger partial charge in [0, 0.05) is 25.1 Å². The fraction of sp³-hybridized carbons (Fsp3) is 1.00. The lowest BCUT2D eigenvalue weighted by molar-refractivity contribution is -0.128. The maximum Gasteiger partial charge on any atom is 0.0831 e. The standard InChI is InChI=1S/C9H20N2O2/c1-8(12,5-10)9(6-11)3-2-4-13-7-9/h12H,2-7,10-11H2,1H3. The lowest BCUT2D eigenvalue weighted by atomic mass is 9.69. The Labute approximate surface area is 79.2 Å². The molecule has 0 aromatic carbocycles. The van der Waals surface area contributed by atoms with Crippen molar-refractivity contribution in [1.29, 1.82) is 0 Å². The Balaban J connectivity index is 2.78. The molecule has 4 nitrogen and oxygen atoms in total. The van der Waals surface area contributed by atoms with E-state index in [4.69, 9.17) is 16.2 Å². The van der Waals surface area contributed by atoms with Gasteiger partial charge in [-0.05, 0) is 19.8 Å². The Morgan fingerprint density at radius 2 is 2.23 bits per heavy atom. The van der Waals surface area contributed by atoms with Gasteiger partial charge in [-0.3, -0.25) is 0 Å². The zero-order valence-corrected chi connectivity index (χ0v) is 8.25. The first-order valence-corrected chi connectivity index (χ1v) is 4.78. The van der Waals surface area contributed by atoms with Gasteiger partial charge in [0.05, 0.1) is 12.2 Å². The average Bonchev–Trinajstić information content (AvgIpc) is 2.18. The highest BCUT2D eigenvalue weighted by atomic mass is 16.5. The van der Waals surface area contributed by atoms with E-state index in [0.717, 1.165) is 19.4 Å². The van der Waals surface area contributed by atoms with Gasteiger partial charge in [0.15, 0.2) is 0 Å². The van der Waals surface area contributed by atoms with Crippen LogP contribution in [0, 0.1) is 5.41 Å². The molecule has 0 aromatic heterocycles. The average molecular weight is 188 g/mol. The van der Waals surface area contributed by atoms with Crippen LogP contribution >= 0.6 is 0 Å². The molecule has 4 heteroatoms. The molecule has 2 atom stereocenters. The summed E-state index contributed by atoms with van der Waals surface area (Å²) in [5.74, 6) is 0. The summed E-state index contributed by atoms with van der Waals surface area (Å²) in [5.41, 5.74) is 9.98. The molecular formula is C9H20N2O2. The number of rotatable bonds is 3. The second kappa shape index (κ2) is 3.92.